The van der Waals surface area contributed by atoms with Gasteiger partial charge in [-0.3, -0.25) is 0 Å². The molecule has 4 nitrogen and oxygen atoms in total. The molecule has 1 heterocycles. The third kappa shape index (κ3) is 1.97. The molecule has 0 bridgehead atoms. The minimum Gasteiger partial charge on any atom is -0.478 e. The molecule has 0 spiro atoms. The molecule has 1 aromatic heterocycles. The van der Waals surface area contributed by atoms with E-state index in [4.69, 9.17) is 10.4 Å². The molecule has 1 N–H and O–H groups in total. The zero-order valence-corrected chi connectivity index (χ0v) is 10.4. The van der Waals surface area contributed by atoms with Crippen molar-refractivity contribution >= 4 is 5.97 Å². The maximum absolute atomic E-state index is 13.6. The topological polar surface area (TPSA) is 66.0 Å². The van der Waals surface area contributed by atoms with Gasteiger partial charge in [-0.1, -0.05) is 6.07 Å². The Morgan fingerprint density at radius 1 is 1.42 bits per heavy atom. The van der Waals surface area contributed by atoms with Crippen LogP contribution in [-0.2, 0) is 0 Å². The second-order valence-electron chi connectivity index (χ2n) is 4.17. The van der Waals surface area contributed by atoms with Gasteiger partial charge in [-0.25, -0.2) is 9.18 Å². The molecule has 0 atom stereocenters. The first kappa shape index (κ1) is 12.8. The number of aryl methyl sites for hydroxylation is 1. The van der Waals surface area contributed by atoms with Crippen molar-refractivity contribution in [2.24, 2.45) is 0 Å². The zero-order chi connectivity index (χ0) is 14.2. The first-order valence-corrected chi connectivity index (χ1v) is 5.58. The lowest BCUT2D eigenvalue weighted by Crippen LogP contribution is -2.05. The Kier molecular flexibility index (Phi) is 3.09. The molecular formula is C14H11FN2O2. The number of aromatic carboxylic acids is 1. The third-order valence-corrected chi connectivity index (χ3v) is 3.01. The van der Waals surface area contributed by atoms with Crippen LogP contribution in [0.2, 0.25) is 0 Å². The number of carbonyl (C=O) groups is 1. The van der Waals surface area contributed by atoms with E-state index in [1.54, 1.807) is 24.5 Å². The highest BCUT2D eigenvalue weighted by Gasteiger charge is 2.18. The van der Waals surface area contributed by atoms with Gasteiger partial charge in [-0.05, 0) is 32.0 Å². The average Bonchev–Trinajstić information content (AvgIpc) is 2.64. The second-order valence-corrected chi connectivity index (χ2v) is 4.17. The minimum absolute atomic E-state index is 0.0961. The van der Waals surface area contributed by atoms with Gasteiger partial charge in [-0.2, -0.15) is 5.26 Å². The van der Waals surface area contributed by atoms with Gasteiger partial charge in [0.15, 0.2) is 0 Å². The Bertz CT molecular complexity index is 711. The highest BCUT2D eigenvalue weighted by Crippen LogP contribution is 2.24. The Labute approximate surface area is 109 Å². The van der Waals surface area contributed by atoms with Crippen LogP contribution in [0.1, 0.15) is 27.3 Å². The highest BCUT2D eigenvalue weighted by atomic mass is 19.1. The normalized spacial score (nSPS) is 10.2. The summed E-state index contributed by atoms with van der Waals surface area (Å²) in [5, 5.41) is 18.1. The average molecular weight is 258 g/mol. The van der Waals surface area contributed by atoms with Crippen molar-refractivity contribution in [3.05, 3.63) is 52.6 Å². The number of rotatable bonds is 2. The highest BCUT2D eigenvalue weighted by molar-refractivity contribution is 5.89. The van der Waals surface area contributed by atoms with Gasteiger partial charge in [0.2, 0.25) is 0 Å². The molecule has 0 saturated heterocycles. The maximum atomic E-state index is 13.6. The van der Waals surface area contributed by atoms with E-state index in [1.165, 1.54) is 18.2 Å². The summed E-state index contributed by atoms with van der Waals surface area (Å²) in [7, 11) is 0. The largest absolute Gasteiger partial charge is 0.478 e. The zero-order valence-electron chi connectivity index (χ0n) is 10.4. The molecule has 2 rings (SSSR count). The van der Waals surface area contributed by atoms with Crippen LogP contribution in [0.3, 0.4) is 0 Å². The SMILES string of the molecule is Cc1cc(C(=O)O)c(C)n1-c1cccc(F)c1C#N. The molecule has 0 saturated carbocycles. The molecule has 0 radical (unpaired) electrons. The van der Waals surface area contributed by atoms with E-state index in [0.717, 1.165) is 0 Å². The lowest BCUT2D eigenvalue weighted by molar-refractivity contribution is 0.0696. The summed E-state index contributed by atoms with van der Waals surface area (Å²) in [4.78, 5) is 11.1. The van der Waals surface area contributed by atoms with Crippen LogP contribution in [0.15, 0.2) is 24.3 Å². The Hall–Kier alpha value is -2.61. The van der Waals surface area contributed by atoms with Gasteiger partial charge in [0.05, 0.1) is 11.3 Å². The summed E-state index contributed by atoms with van der Waals surface area (Å²) in [6.07, 6.45) is 0. The van der Waals surface area contributed by atoms with E-state index in [-0.39, 0.29) is 11.1 Å². The van der Waals surface area contributed by atoms with E-state index in [2.05, 4.69) is 0 Å². The van der Waals surface area contributed by atoms with Crippen molar-refractivity contribution in [3.8, 4) is 11.8 Å². The summed E-state index contributed by atoms with van der Waals surface area (Å²) < 4.78 is 15.2. The van der Waals surface area contributed by atoms with Crippen molar-refractivity contribution in [1.82, 2.24) is 4.57 Å². The fourth-order valence-electron chi connectivity index (χ4n) is 2.16. The molecule has 0 aliphatic carbocycles. The number of benzene rings is 1. The van der Waals surface area contributed by atoms with E-state index >= 15 is 0 Å². The van der Waals surface area contributed by atoms with Crippen molar-refractivity contribution in [2.45, 2.75) is 13.8 Å². The van der Waals surface area contributed by atoms with Gasteiger partial charge in [0.25, 0.3) is 0 Å². The quantitative estimate of drug-likeness (QED) is 0.900. The number of nitriles is 1. The van der Waals surface area contributed by atoms with Crippen LogP contribution < -0.4 is 0 Å². The molecule has 0 aliphatic heterocycles. The molecule has 0 fully saturated rings. The van der Waals surface area contributed by atoms with Crippen LogP contribution in [0, 0.1) is 31.0 Å². The number of carboxylic acid groups (broad SMARTS) is 1. The summed E-state index contributed by atoms with van der Waals surface area (Å²) in [5.74, 6) is -1.67. The minimum atomic E-state index is -1.05. The molecule has 19 heavy (non-hydrogen) atoms. The summed E-state index contributed by atoms with van der Waals surface area (Å²) in [5.41, 5.74) is 1.50. The van der Waals surface area contributed by atoms with Crippen LogP contribution in [-0.4, -0.2) is 15.6 Å². The van der Waals surface area contributed by atoms with Crippen molar-refractivity contribution < 1.29 is 14.3 Å². The maximum Gasteiger partial charge on any atom is 0.337 e. The number of hydrogen-bond donors (Lipinski definition) is 1. The predicted molar refractivity (Wildman–Crippen MR) is 66.9 cm³/mol. The fraction of sp³-hybridized carbons (Fsp3) is 0.143. The third-order valence-electron chi connectivity index (χ3n) is 3.01. The molecule has 2 aromatic rings. The summed E-state index contributed by atoms with van der Waals surface area (Å²) in [6.45, 7) is 3.34. The molecule has 96 valence electrons. The standard InChI is InChI=1S/C14H11FN2O2/c1-8-6-10(14(18)19)9(2)17(8)13-5-3-4-12(15)11(13)7-16/h3-6H,1-2H3,(H,18,19). The van der Waals surface area contributed by atoms with Crippen LogP contribution >= 0.6 is 0 Å². The lowest BCUT2D eigenvalue weighted by Gasteiger charge is -2.11. The van der Waals surface area contributed by atoms with Gasteiger partial charge < -0.3 is 9.67 Å². The Balaban J connectivity index is 2.78. The van der Waals surface area contributed by atoms with Crippen molar-refractivity contribution in [3.63, 3.8) is 0 Å². The lowest BCUT2D eigenvalue weighted by atomic mass is 10.1. The Morgan fingerprint density at radius 3 is 2.63 bits per heavy atom. The summed E-state index contributed by atoms with van der Waals surface area (Å²) >= 11 is 0. The summed E-state index contributed by atoms with van der Waals surface area (Å²) in [6, 6.07) is 7.60. The smallest absolute Gasteiger partial charge is 0.337 e. The van der Waals surface area contributed by atoms with E-state index < -0.39 is 11.8 Å². The second kappa shape index (κ2) is 4.58. The number of carboxylic acids is 1. The number of halogens is 1. The van der Waals surface area contributed by atoms with E-state index in [0.29, 0.717) is 17.1 Å². The van der Waals surface area contributed by atoms with Crippen LogP contribution in [0.4, 0.5) is 4.39 Å². The molecule has 1 aromatic carbocycles. The first-order chi connectivity index (χ1) is 8.97. The van der Waals surface area contributed by atoms with Gasteiger partial charge in [0, 0.05) is 11.4 Å². The number of aromatic nitrogens is 1. The number of nitrogens with zero attached hydrogens (tertiary/aromatic N) is 2. The monoisotopic (exact) mass is 258 g/mol. The van der Waals surface area contributed by atoms with Crippen LogP contribution in [0.25, 0.3) is 5.69 Å². The van der Waals surface area contributed by atoms with Gasteiger partial charge >= 0.3 is 5.97 Å². The fourth-order valence-corrected chi connectivity index (χ4v) is 2.16. The predicted octanol–water partition coefficient (Wildman–Crippen LogP) is 2.80. The van der Waals surface area contributed by atoms with Crippen molar-refractivity contribution in [2.75, 3.05) is 0 Å². The molecule has 5 heteroatoms. The van der Waals surface area contributed by atoms with Crippen molar-refractivity contribution in [1.29, 1.82) is 5.26 Å². The first-order valence-electron chi connectivity index (χ1n) is 5.58. The van der Waals surface area contributed by atoms with Gasteiger partial charge in [0.1, 0.15) is 17.4 Å². The van der Waals surface area contributed by atoms with E-state index in [1.807, 2.05) is 6.07 Å². The van der Waals surface area contributed by atoms with Crippen LogP contribution in [0.5, 0.6) is 0 Å². The number of hydrogen-bond acceptors (Lipinski definition) is 2. The molecule has 0 amide bonds. The Morgan fingerprint density at radius 2 is 2.11 bits per heavy atom. The van der Waals surface area contributed by atoms with Gasteiger partial charge in [-0.15, -0.1) is 0 Å². The molecule has 0 aliphatic rings. The molecule has 0 unspecified atom stereocenters. The van der Waals surface area contributed by atoms with E-state index in [9.17, 15) is 9.18 Å². The molecular weight excluding hydrogens is 247 g/mol.